The number of phenols is 1. The van der Waals surface area contributed by atoms with Crippen molar-refractivity contribution in [3.63, 3.8) is 0 Å². The third-order valence-electron chi connectivity index (χ3n) is 5.73. The summed E-state index contributed by atoms with van der Waals surface area (Å²) in [7, 11) is 0. The minimum atomic E-state index is -0.428. The van der Waals surface area contributed by atoms with Crippen LogP contribution in [0.1, 0.15) is 120 Å². The number of amides is 3. The Bertz CT molecular complexity index is 605. The van der Waals surface area contributed by atoms with Gasteiger partial charge in [0, 0.05) is 12.1 Å². The van der Waals surface area contributed by atoms with Gasteiger partial charge in [0.2, 0.25) is 0 Å². The molecule has 1 aromatic carbocycles. The smallest absolute Gasteiger partial charge is 0.333 e. The molecule has 1 rings (SSSR count). The zero-order valence-electron chi connectivity index (χ0n) is 20.1. The van der Waals surface area contributed by atoms with Crippen LogP contribution in [-0.4, -0.2) is 23.6 Å². The summed E-state index contributed by atoms with van der Waals surface area (Å²) in [5.74, 6) is -0.339. The summed E-state index contributed by atoms with van der Waals surface area (Å²) in [6.07, 6.45) is 21.2. The summed E-state index contributed by atoms with van der Waals surface area (Å²) >= 11 is 0. The summed E-state index contributed by atoms with van der Waals surface area (Å²) in [4.78, 5) is 23.6. The molecule has 6 nitrogen and oxygen atoms in total. The Morgan fingerprint density at radius 3 is 1.56 bits per heavy atom. The Labute approximate surface area is 194 Å². The average molecular weight is 448 g/mol. The lowest BCUT2D eigenvalue weighted by atomic mass is 10.0. The van der Waals surface area contributed by atoms with Gasteiger partial charge in [0.25, 0.3) is 5.91 Å². The molecule has 0 aromatic heterocycles. The van der Waals surface area contributed by atoms with E-state index in [-0.39, 0.29) is 5.75 Å². The lowest BCUT2D eigenvalue weighted by Gasteiger charge is -2.09. The van der Waals surface area contributed by atoms with Crippen molar-refractivity contribution in [2.24, 2.45) is 0 Å². The lowest BCUT2D eigenvalue weighted by Crippen LogP contribution is -2.47. The molecule has 0 spiro atoms. The fourth-order valence-electron chi connectivity index (χ4n) is 3.72. The van der Waals surface area contributed by atoms with Crippen molar-refractivity contribution in [1.29, 1.82) is 0 Å². The molecule has 0 bridgehead atoms. The number of hydrogen-bond donors (Lipinski definition) is 4. The van der Waals surface area contributed by atoms with Crippen LogP contribution in [0.25, 0.3) is 0 Å². The van der Waals surface area contributed by atoms with E-state index in [1.54, 1.807) is 0 Å². The van der Waals surface area contributed by atoms with E-state index in [2.05, 4.69) is 23.1 Å². The maximum Gasteiger partial charge on any atom is 0.333 e. The summed E-state index contributed by atoms with van der Waals surface area (Å²) < 4.78 is 0. The Balaban J connectivity index is 1.82. The number of carbonyl (C=O) groups is 2. The quantitative estimate of drug-likeness (QED) is 0.151. The SMILES string of the molecule is CCCCCCCCCCCCCCCCCCNC(=O)NNC(=O)c1ccc(O)cc1. The molecule has 6 heteroatoms. The van der Waals surface area contributed by atoms with Crippen molar-refractivity contribution in [1.82, 2.24) is 16.2 Å². The van der Waals surface area contributed by atoms with E-state index in [4.69, 9.17) is 0 Å². The van der Waals surface area contributed by atoms with Gasteiger partial charge in [-0.25, -0.2) is 10.2 Å². The second kappa shape index (κ2) is 19.4. The molecular formula is C26H45N3O3. The lowest BCUT2D eigenvalue weighted by molar-refractivity contribution is 0.0936. The van der Waals surface area contributed by atoms with Crippen LogP contribution in [0.4, 0.5) is 4.79 Å². The first-order valence-corrected chi connectivity index (χ1v) is 12.8. The topological polar surface area (TPSA) is 90.5 Å². The minimum Gasteiger partial charge on any atom is -0.508 e. The van der Waals surface area contributed by atoms with E-state index in [0.717, 1.165) is 12.8 Å². The largest absolute Gasteiger partial charge is 0.508 e. The molecular weight excluding hydrogens is 402 g/mol. The van der Waals surface area contributed by atoms with Crippen molar-refractivity contribution in [2.45, 2.75) is 110 Å². The van der Waals surface area contributed by atoms with E-state index >= 15 is 0 Å². The van der Waals surface area contributed by atoms with Crippen LogP contribution < -0.4 is 16.2 Å². The van der Waals surface area contributed by atoms with Gasteiger partial charge < -0.3 is 10.4 Å². The highest BCUT2D eigenvalue weighted by atomic mass is 16.3. The molecule has 0 heterocycles. The monoisotopic (exact) mass is 447 g/mol. The Morgan fingerprint density at radius 1 is 0.656 bits per heavy atom. The number of aromatic hydroxyl groups is 1. The normalized spacial score (nSPS) is 10.7. The van der Waals surface area contributed by atoms with Crippen LogP contribution in [-0.2, 0) is 0 Å². The number of benzene rings is 1. The summed E-state index contributed by atoms with van der Waals surface area (Å²) in [5.41, 5.74) is 5.04. The number of unbranched alkanes of at least 4 members (excludes halogenated alkanes) is 15. The fraction of sp³-hybridized carbons (Fsp3) is 0.692. The minimum absolute atomic E-state index is 0.0889. The molecule has 4 N–H and O–H groups in total. The van der Waals surface area contributed by atoms with Gasteiger partial charge in [-0.1, -0.05) is 103 Å². The highest BCUT2D eigenvalue weighted by Crippen LogP contribution is 2.13. The molecule has 182 valence electrons. The third-order valence-corrected chi connectivity index (χ3v) is 5.73. The molecule has 0 aliphatic heterocycles. The van der Waals surface area contributed by atoms with Crippen LogP contribution in [0.5, 0.6) is 5.75 Å². The molecule has 0 radical (unpaired) electrons. The summed E-state index contributed by atoms with van der Waals surface area (Å²) in [6.45, 7) is 2.87. The van der Waals surface area contributed by atoms with E-state index in [0.29, 0.717) is 12.1 Å². The average Bonchev–Trinajstić information content (AvgIpc) is 2.80. The van der Waals surface area contributed by atoms with Gasteiger partial charge in [0.15, 0.2) is 0 Å². The van der Waals surface area contributed by atoms with Crippen molar-refractivity contribution in [2.75, 3.05) is 6.54 Å². The molecule has 0 saturated carbocycles. The van der Waals surface area contributed by atoms with Gasteiger partial charge in [0.05, 0.1) is 0 Å². The van der Waals surface area contributed by atoms with E-state index in [1.165, 1.54) is 114 Å². The van der Waals surface area contributed by atoms with Gasteiger partial charge >= 0.3 is 6.03 Å². The van der Waals surface area contributed by atoms with Crippen molar-refractivity contribution >= 4 is 11.9 Å². The number of hydrogen-bond acceptors (Lipinski definition) is 3. The van der Waals surface area contributed by atoms with Crippen LogP contribution in [0.15, 0.2) is 24.3 Å². The number of hydrazine groups is 1. The van der Waals surface area contributed by atoms with Crippen molar-refractivity contribution < 1.29 is 14.7 Å². The van der Waals surface area contributed by atoms with Gasteiger partial charge in [-0.3, -0.25) is 10.2 Å². The number of carbonyl (C=O) groups excluding carboxylic acids is 2. The maximum absolute atomic E-state index is 11.9. The maximum atomic E-state index is 11.9. The van der Waals surface area contributed by atoms with E-state index < -0.39 is 11.9 Å². The molecule has 3 amide bonds. The Morgan fingerprint density at radius 2 is 1.09 bits per heavy atom. The second-order valence-corrected chi connectivity index (χ2v) is 8.69. The highest BCUT2D eigenvalue weighted by Gasteiger charge is 2.06. The molecule has 0 unspecified atom stereocenters. The molecule has 32 heavy (non-hydrogen) atoms. The molecule has 0 aliphatic carbocycles. The predicted octanol–water partition coefficient (Wildman–Crippen LogP) is 6.60. The van der Waals surface area contributed by atoms with E-state index in [9.17, 15) is 14.7 Å². The van der Waals surface area contributed by atoms with Gasteiger partial charge in [-0.2, -0.15) is 0 Å². The Hall–Kier alpha value is -2.24. The molecule has 0 aliphatic rings. The first-order chi connectivity index (χ1) is 15.6. The van der Waals surface area contributed by atoms with Crippen LogP contribution in [0.2, 0.25) is 0 Å². The van der Waals surface area contributed by atoms with Crippen LogP contribution in [0.3, 0.4) is 0 Å². The molecule has 0 fully saturated rings. The molecule has 0 atom stereocenters. The fourth-order valence-corrected chi connectivity index (χ4v) is 3.72. The van der Waals surface area contributed by atoms with Gasteiger partial charge in [-0.15, -0.1) is 0 Å². The molecule has 1 aromatic rings. The molecule has 0 saturated heterocycles. The first-order valence-electron chi connectivity index (χ1n) is 12.8. The number of nitrogens with one attached hydrogen (secondary N) is 3. The predicted molar refractivity (Wildman–Crippen MR) is 132 cm³/mol. The zero-order chi connectivity index (χ0) is 23.3. The third kappa shape index (κ3) is 15.5. The first kappa shape index (κ1) is 27.8. The second-order valence-electron chi connectivity index (χ2n) is 8.69. The van der Waals surface area contributed by atoms with E-state index in [1.807, 2.05) is 0 Å². The standard InChI is InChI=1S/C26H45N3O3/c1-2-3-4-5-6-7-8-9-10-11-12-13-14-15-16-17-22-27-26(32)29-28-25(31)23-18-20-24(30)21-19-23/h18-21,30H,2-17,22H2,1H3,(H,28,31)(H2,27,29,32). The van der Waals surface area contributed by atoms with Gasteiger partial charge in [-0.05, 0) is 30.7 Å². The number of rotatable bonds is 18. The summed E-state index contributed by atoms with van der Waals surface area (Å²) in [5, 5.41) is 12.0. The highest BCUT2D eigenvalue weighted by molar-refractivity contribution is 5.95. The number of phenolic OH excluding ortho intramolecular Hbond substituents is 1. The Kier molecular flexibility index (Phi) is 16.9. The van der Waals surface area contributed by atoms with Crippen LogP contribution >= 0.6 is 0 Å². The van der Waals surface area contributed by atoms with Crippen LogP contribution in [0, 0.1) is 0 Å². The van der Waals surface area contributed by atoms with Crippen molar-refractivity contribution in [3.05, 3.63) is 29.8 Å². The summed E-state index contributed by atoms with van der Waals surface area (Å²) in [6, 6.07) is 5.40. The van der Waals surface area contributed by atoms with Crippen molar-refractivity contribution in [3.8, 4) is 5.75 Å². The zero-order valence-corrected chi connectivity index (χ0v) is 20.1. The number of urea groups is 1. The van der Waals surface area contributed by atoms with Gasteiger partial charge in [0.1, 0.15) is 5.75 Å².